The van der Waals surface area contributed by atoms with Crippen molar-refractivity contribution in [3.8, 4) is 0 Å². The molecule has 0 aliphatic carbocycles. The highest BCUT2D eigenvalue weighted by atomic mass is 35.5. The number of halogens is 4. The molecule has 2 aliphatic rings. The number of carboxylic acids is 1. The molecule has 0 saturated carbocycles. The smallest absolute Gasteiger partial charge is 0.416 e. The maximum atomic E-state index is 13.3. The van der Waals surface area contributed by atoms with Gasteiger partial charge in [-0.3, -0.25) is 4.90 Å². The van der Waals surface area contributed by atoms with Crippen molar-refractivity contribution in [1.82, 2.24) is 19.6 Å². The lowest BCUT2D eigenvalue weighted by molar-refractivity contribution is -0.139. The molecule has 2 fully saturated rings. The summed E-state index contributed by atoms with van der Waals surface area (Å²) in [5.41, 5.74) is -0.728. The van der Waals surface area contributed by atoms with Crippen LogP contribution in [0.25, 0.3) is 0 Å². The molecule has 3 heterocycles. The van der Waals surface area contributed by atoms with Crippen LogP contribution in [0.5, 0.6) is 0 Å². The number of aromatic carboxylic acids is 1. The molecule has 0 radical (unpaired) electrons. The van der Waals surface area contributed by atoms with Gasteiger partial charge in [-0.1, -0.05) is 11.6 Å². The maximum Gasteiger partial charge on any atom is 0.416 e. The highest BCUT2D eigenvalue weighted by Gasteiger charge is 2.46. The van der Waals surface area contributed by atoms with E-state index in [1.165, 1.54) is 24.4 Å². The molecule has 2 aliphatic heterocycles. The Labute approximate surface area is 181 Å². The lowest BCUT2D eigenvalue weighted by Gasteiger charge is -2.54. The molecule has 31 heavy (non-hydrogen) atoms. The van der Waals surface area contributed by atoms with Gasteiger partial charge in [-0.2, -0.15) is 23.0 Å². The van der Waals surface area contributed by atoms with Crippen LogP contribution in [-0.4, -0.2) is 62.9 Å². The predicted molar refractivity (Wildman–Crippen MR) is 105 cm³/mol. The summed E-state index contributed by atoms with van der Waals surface area (Å²) in [6.45, 7) is 2.46. The summed E-state index contributed by atoms with van der Waals surface area (Å²) in [5, 5.41) is 13.0. The molecule has 1 N–H and O–H groups in total. The van der Waals surface area contributed by atoms with Crippen LogP contribution in [0.1, 0.15) is 34.5 Å². The monoisotopic (exact) mass is 456 g/mol. The van der Waals surface area contributed by atoms with Crippen LogP contribution in [0.3, 0.4) is 0 Å². The van der Waals surface area contributed by atoms with Crippen molar-refractivity contribution < 1.29 is 27.9 Å². The lowest BCUT2D eigenvalue weighted by Crippen LogP contribution is -2.60. The molecule has 1 amide bonds. The maximum absolute atomic E-state index is 13.3. The Kier molecular flexibility index (Phi) is 5.47. The standard InChI is InChI=1S/C20H20ClF3N4O3/c21-14-1-2-15(20(22,23)24)13(9-14)10-26-11-19(12-26)4-7-27(8-5-19)18(31)28-6-3-16(25-28)17(29)30/h1-3,6,9H,4-5,7-8,10-12H2,(H,29,30). The van der Waals surface area contributed by atoms with Gasteiger partial charge in [-0.25, -0.2) is 9.59 Å². The molecule has 0 atom stereocenters. The highest BCUT2D eigenvalue weighted by Crippen LogP contribution is 2.42. The molecule has 1 aromatic heterocycles. The summed E-state index contributed by atoms with van der Waals surface area (Å²) in [7, 11) is 0. The first-order valence-corrected chi connectivity index (χ1v) is 10.1. The number of likely N-dealkylation sites (tertiary alicyclic amines) is 2. The number of amides is 1. The number of hydrogen-bond donors (Lipinski definition) is 1. The number of carboxylic acid groups (broad SMARTS) is 1. The van der Waals surface area contributed by atoms with E-state index in [1.54, 1.807) is 4.90 Å². The largest absolute Gasteiger partial charge is 0.476 e. The molecule has 1 spiro atoms. The van der Waals surface area contributed by atoms with Crippen LogP contribution in [-0.2, 0) is 12.7 Å². The molecule has 0 bridgehead atoms. The van der Waals surface area contributed by atoms with E-state index in [0.29, 0.717) is 26.2 Å². The normalized spacial score (nSPS) is 18.8. The van der Waals surface area contributed by atoms with Crippen LogP contribution in [0.2, 0.25) is 5.02 Å². The first kappa shape index (κ1) is 21.6. The van der Waals surface area contributed by atoms with Gasteiger partial charge in [0.15, 0.2) is 5.69 Å². The Morgan fingerprint density at radius 3 is 2.42 bits per heavy atom. The van der Waals surface area contributed by atoms with E-state index in [-0.39, 0.29) is 34.3 Å². The third kappa shape index (κ3) is 4.40. The first-order chi connectivity index (χ1) is 14.6. The van der Waals surface area contributed by atoms with Crippen molar-refractivity contribution in [2.75, 3.05) is 26.2 Å². The quantitative estimate of drug-likeness (QED) is 0.759. The minimum atomic E-state index is -4.43. The minimum Gasteiger partial charge on any atom is -0.476 e. The Hall–Kier alpha value is -2.59. The van der Waals surface area contributed by atoms with E-state index < -0.39 is 17.7 Å². The number of carbonyl (C=O) groups excluding carboxylic acids is 1. The number of rotatable bonds is 3. The van der Waals surface area contributed by atoms with Crippen LogP contribution < -0.4 is 0 Å². The van der Waals surface area contributed by atoms with E-state index in [2.05, 4.69) is 5.10 Å². The summed E-state index contributed by atoms with van der Waals surface area (Å²) < 4.78 is 40.8. The average Bonchev–Trinajstić information content (AvgIpc) is 3.16. The fourth-order valence-electron chi connectivity index (χ4n) is 4.40. The third-order valence-electron chi connectivity index (χ3n) is 5.98. The van der Waals surface area contributed by atoms with Gasteiger partial charge in [-0.15, -0.1) is 0 Å². The van der Waals surface area contributed by atoms with Gasteiger partial charge >= 0.3 is 18.2 Å². The van der Waals surface area contributed by atoms with E-state index >= 15 is 0 Å². The molecular weight excluding hydrogens is 437 g/mol. The lowest BCUT2D eigenvalue weighted by atomic mass is 9.72. The van der Waals surface area contributed by atoms with E-state index in [4.69, 9.17) is 16.7 Å². The van der Waals surface area contributed by atoms with Crippen LogP contribution in [0.15, 0.2) is 30.5 Å². The third-order valence-corrected chi connectivity index (χ3v) is 6.22. The zero-order valence-electron chi connectivity index (χ0n) is 16.4. The molecule has 1 aromatic carbocycles. The number of nitrogens with zero attached hydrogens (tertiary/aromatic N) is 4. The van der Waals surface area contributed by atoms with Crippen molar-refractivity contribution in [3.05, 3.63) is 52.3 Å². The fraction of sp³-hybridized carbons (Fsp3) is 0.450. The van der Waals surface area contributed by atoms with Gasteiger partial charge in [0, 0.05) is 43.9 Å². The summed E-state index contributed by atoms with van der Waals surface area (Å²) in [6, 6.07) is 4.51. The second-order valence-electron chi connectivity index (χ2n) is 8.16. The number of alkyl halides is 3. The van der Waals surface area contributed by atoms with Gasteiger partial charge in [0.2, 0.25) is 0 Å². The van der Waals surface area contributed by atoms with Crippen molar-refractivity contribution in [2.24, 2.45) is 5.41 Å². The van der Waals surface area contributed by atoms with Gasteiger partial charge < -0.3 is 10.0 Å². The molecule has 7 nitrogen and oxygen atoms in total. The van der Waals surface area contributed by atoms with Crippen molar-refractivity contribution in [2.45, 2.75) is 25.6 Å². The first-order valence-electron chi connectivity index (χ1n) is 9.73. The molecule has 11 heteroatoms. The summed E-state index contributed by atoms with van der Waals surface area (Å²) in [5.74, 6) is -1.20. The number of piperidine rings is 1. The van der Waals surface area contributed by atoms with Crippen molar-refractivity contribution >= 4 is 23.6 Å². The van der Waals surface area contributed by atoms with Gasteiger partial charge in [0.1, 0.15) is 0 Å². The summed E-state index contributed by atoms with van der Waals surface area (Å²) in [4.78, 5) is 27.0. The second kappa shape index (κ2) is 7.83. The van der Waals surface area contributed by atoms with E-state index in [0.717, 1.165) is 23.6 Å². The van der Waals surface area contributed by atoms with Crippen molar-refractivity contribution in [3.63, 3.8) is 0 Å². The summed E-state index contributed by atoms with van der Waals surface area (Å²) >= 11 is 5.91. The van der Waals surface area contributed by atoms with E-state index in [1.807, 2.05) is 4.90 Å². The Bertz CT molecular complexity index is 1010. The molecule has 2 saturated heterocycles. The number of benzene rings is 1. The second-order valence-corrected chi connectivity index (χ2v) is 8.60. The molecule has 4 rings (SSSR count). The summed E-state index contributed by atoms with van der Waals surface area (Å²) in [6.07, 6.45) is -1.65. The number of hydrogen-bond acceptors (Lipinski definition) is 4. The van der Waals surface area contributed by atoms with Gasteiger partial charge in [-0.05, 0) is 48.1 Å². The molecule has 2 aromatic rings. The predicted octanol–water partition coefficient (Wildman–Crippen LogP) is 3.82. The molecular formula is C20H20ClF3N4O3. The SMILES string of the molecule is O=C(O)c1ccn(C(=O)N2CCC3(CC2)CN(Cc2cc(Cl)ccc2C(F)(F)F)C3)n1. The van der Waals surface area contributed by atoms with Crippen LogP contribution in [0.4, 0.5) is 18.0 Å². The zero-order valence-corrected chi connectivity index (χ0v) is 17.2. The molecule has 166 valence electrons. The number of aromatic nitrogens is 2. The highest BCUT2D eigenvalue weighted by molar-refractivity contribution is 6.30. The molecule has 0 unspecified atom stereocenters. The fourth-order valence-corrected chi connectivity index (χ4v) is 4.60. The van der Waals surface area contributed by atoms with Crippen LogP contribution in [0, 0.1) is 5.41 Å². The Morgan fingerprint density at radius 2 is 1.84 bits per heavy atom. The Balaban J connectivity index is 1.33. The van der Waals surface area contributed by atoms with Crippen molar-refractivity contribution in [1.29, 1.82) is 0 Å². The van der Waals surface area contributed by atoms with E-state index in [9.17, 15) is 22.8 Å². The van der Waals surface area contributed by atoms with Gasteiger partial charge in [0.05, 0.1) is 5.56 Å². The van der Waals surface area contributed by atoms with Crippen LogP contribution >= 0.6 is 11.6 Å². The minimum absolute atomic E-state index is 0.0237. The number of carbonyl (C=O) groups is 2. The zero-order chi connectivity index (χ0) is 22.4. The average molecular weight is 457 g/mol. The van der Waals surface area contributed by atoms with Gasteiger partial charge in [0.25, 0.3) is 0 Å². The topological polar surface area (TPSA) is 78.7 Å². The Morgan fingerprint density at radius 1 is 1.16 bits per heavy atom.